The Bertz CT molecular complexity index is 297. The van der Waals surface area contributed by atoms with Crippen LogP contribution in [0.3, 0.4) is 0 Å². The molecule has 0 aromatic carbocycles. The molecular weight excluding hydrogens is 249 g/mol. The summed E-state index contributed by atoms with van der Waals surface area (Å²) in [4.78, 5) is 15.5. The van der Waals surface area contributed by atoms with Crippen LogP contribution >= 0.6 is 0 Å². The van der Waals surface area contributed by atoms with Gasteiger partial charge in [0.15, 0.2) is 0 Å². The number of hydrogen-bond acceptors (Lipinski definition) is 3. The number of carbonyl (C=O) groups is 1. The summed E-state index contributed by atoms with van der Waals surface area (Å²) < 4.78 is 39.9. The molecule has 0 aromatic rings. The van der Waals surface area contributed by atoms with E-state index in [9.17, 15) is 18.0 Å². The highest BCUT2D eigenvalue weighted by molar-refractivity contribution is 5.77. The number of ether oxygens (including phenoxy) is 1. The number of piperazine rings is 1. The van der Waals surface area contributed by atoms with Crippen molar-refractivity contribution >= 4 is 5.91 Å². The first-order valence-corrected chi connectivity index (χ1v) is 6.12. The van der Waals surface area contributed by atoms with E-state index in [1.54, 1.807) is 4.90 Å². The van der Waals surface area contributed by atoms with Gasteiger partial charge in [0.05, 0.1) is 0 Å². The van der Waals surface area contributed by atoms with Gasteiger partial charge < -0.3 is 9.64 Å². The van der Waals surface area contributed by atoms with Gasteiger partial charge in [0.2, 0.25) is 5.91 Å². The molecular formula is C11H17F3N2O2. The predicted octanol–water partition coefficient (Wildman–Crippen LogP) is 0.872. The number of alkyl halides is 3. The third kappa shape index (κ3) is 4.13. The Kier molecular flexibility index (Phi) is 4.11. The Morgan fingerprint density at radius 1 is 1.17 bits per heavy atom. The van der Waals surface area contributed by atoms with Crippen molar-refractivity contribution in [2.45, 2.75) is 25.1 Å². The Labute approximate surface area is 104 Å². The second-order valence-corrected chi connectivity index (χ2v) is 4.76. The van der Waals surface area contributed by atoms with Crippen LogP contribution in [0.15, 0.2) is 0 Å². The quantitative estimate of drug-likeness (QED) is 0.757. The average molecular weight is 266 g/mol. The minimum absolute atomic E-state index is 0.352. The number of nitrogens with zero attached hydrogens (tertiary/aromatic N) is 2. The summed E-state index contributed by atoms with van der Waals surface area (Å²) in [6, 6.07) is 0.670. The highest BCUT2D eigenvalue weighted by atomic mass is 19.4. The maximum absolute atomic E-state index is 11.8. The molecule has 0 atom stereocenters. The molecule has 1 heterocycles. The van der Waals surface area contributed by atoms with E-state index in [0.717, 1.165) is 13.1 Å². The first kappa shape index (κ1) is 13.6. The van der Waals surface area contributed by atoms with Crippen LogP contribution in [0.25, 0.3) is 0 Å². The van der Waals surface area contributed by atoms with E-state index >= 15 is 0 Å². The molecule has 0 spiro atoms. The van der Waals surface area contributed by atoms with Gasteiger partial charge in [-0.25, -0.2) is 0 Å². The zero-order valence-corrected chi connectivity index (χ0v) is 10.1. The third-order valence-electron chi connectivity index (χ3n) is 3.22. The Balaban J connectivity index is 1.64. The van der Waals surface area contributed by atoms with Crippen molar-refractivity contribution in [3.05, 3.63) is 0 Å². The lowest BCUT2D eigenvalue weighted by Crippen LogP contribution is -2.50. The second-order valence-electron chi connectivity index (χ2n) is 4.76. The van der Waals surface area contributed by atoms with Crippen LogP contribution in [-0.4, -0.2) is 67.3 Å². The van der Waals surface area contributed by atoms with Gasteiger partial charge in [-0.05, 0) is 12.8 Å². The smallest absolute Gasteiger partial charge is 0.362 e. The van der Waals surface area contributed by atoms with Gasteiger partial charge in [-0.15, -0.1) is 0 Å². The van der Waals surface area contributed by atoms with Crippen molar-refractivity contribution in [2.24, 2.45) is 0 Å². The fourth-order valence-electron chi connectivity index (χ4n) is 2.12. The topological polar surface area (TPSA) is 32.8 Å². The van der Waals surface area contributed by atoms with Gasteiger partial charge in [-0.1, -0.05) is 0 Å². The van der Waals surface area contributed by atoms with Crippen molar-refractivity contribution in [1.29, 1.82) is 0 Å². The molecule has 2 fully saturated rings. The Morgan fingerprint density at radius 3 is 2.28 bits per heavy atom. The lowest BCUT2D eigenvalue weighted by Gasteiger charge is -2.34. The minimum atomic E-state index is -4.37. The Morgan fingerprint density at radius 2 is 1.78 bits per heavy atom. The summed E-state index contributed by atoms with van der Waals surface area (Å²) in [5, 5.41) is 0. The average Bonchev–Trinajstić information content (AvgIpc) is 3.11. The maximum Gasteiger partial charge on any atom is 0.411 e. The highest BCUT2D eigenvalue weighted by Gasteiger charge is 2.32. The van der Waals surface area contributed by atoms with Crippen molar-refractivity contribution < 1.29 is 22.7 Å². The third-order valence-corrected chi connectivity index (χ3v) is 3.22. The molecule has 1 amide bonds. The Hall–Kier alpha value is -0.820. The summed E-state index contributed by atoms with van der Waals surface area (Å²) in [5.41, 5.74) is 0. The highest BCUT2D eigenvalue weighted by Crippen LogP contribution is 2.27. The largest absolute Gasteiger partial charge is 0.411 e. The van der Waals surface area contributed by atoms with Gasteiger partial charge in [0.1, 0.15) is 13.2 Å². The number of carbonyl (C=O) groups excluding carboxylic acids is 1. The minimum Gasteiger partial charge on any atom is -0.362 e. The molecule has 104 valence electrons. The zero-order valence-electron chi connectivity index (χ0n) is 10.1. The van der Waals surface area contributed by atoms with E-state index in [4.69, 9.17) is 0 Å². The molecule has 0 N–H and O–H groups in total. The van der Waals surface area contributed by atoms with E-state index < -0.39 is 19.4 Å². The van der Waals surface area contributed by atoms with Crippen LogP contribution in [-0.2, 0) is 9.53 Å². The molecule has 0 bridgehead atoms. The second kappa shape index (κ2) is 5.44. The number of halogens is 3. The molecule has 18 heavy (non-hydrogen) atoms. The molecule has 2 rings (SSSR count). The predicted molar refractivity (Wildman–Crippen MR) is 58.0 cm³/mol. The summed E-state index contributed by atoms with van der Waals surface area (Å²) >= 11 is 0. The van der Waals surface area contributed by atoms with E-state index in [-0.39, 0.29) is 5.91 Å². The first-order valence-electron chi connectivity index (χ1n) is 6.12. The lowest BCUT2D eigenvalue weighted by molar-refractivity contribution is -0.178. The lowest BCUT2D eigenvalue weighted by atomic mass is 10.3. The van der Waals surface area contributed by atoms with E-state index in [1.807, 2.05) is 0 Å². The molecule has 1 saturated carbocycles. The van der Waals surface area contributed by atoms with Gasteiger partial charge in [-0.3, -0.25) is 9.69 Å². The molecule has 4 nitrogen and oxygen atoms in total. The monoisotopic (exact) mass is 266 g/mol. The molecule has 1 saturated heterocycles. The van der Waals surface area contributed by atoms with E-state index in [0.29, 0.717) is 19.1 Å². The molecule has 0 unspecified atom stereocenters. The maximum atomic E-state index is 11.8. The van der Waals surface area contributed by atoms with E-state index in [2.05, 4.69) is 9.64 Å². The normalized spacial score (nSPS) is 22.3. The van der Waals surface area contributed by atoms with Crippen LogP contribution in [0.2, 0.25) is 0 Å². The van der Waals surface area contributed by atoms with Gasteiger partial charge in [0.25, 0.3) is 0 Å². The first-order chi connectivity index (χ1) is 8.46. The van der Waals surface area contributed by atoms with Crippen LogP contribution in [0.1, 0.15) is 12.8 Å². The summed E-state index contributed by atoms with van der Waals surface area (Å²) in [7, 11) is 0. The van der Waals surface area contributed by atoms with Crippen LogP contribution < -0.4 is 0 Å². The van der Waals surface area contributed by atoms with Crippen molar-refractivity contribution in [3.63, 3.8) is 0 Å². The van der Waals surface area contributed by atoms with Crippen molar-refractivity contribution in [3.8, 4) is 0 Å². The molecule has 0 aromatic heterocycles. The molecule has 7 heteroatoms. The molecule has 1 aliphatic heterocycles. The van der Waals surface area contributed by atoms with Crippen molar-refractivity contribution in [2.75, 3.05) is 39.4 Å². The number of hydrogen-bond donors (Lipinski definition) is 0. The fourth-order valence-corrected chi connectivity index (χ4v) is 2.12. The zero-order chi connectivity index (χ0) is 13.2. The SMILES string of the molecule is O=C(COCC(F)(F)F)N1CCN(C2CC2)CC1. The number of rotatable bonds is 4. The molecule has 1 aliphatic carbocycles. The van der Waals surface area contributed by atoms with E-state index in [1.165, 1.54) is 12.8 Å². The summed E-state index contributed by atoms with van der Waals surface area (Å²) in [6.07, 6.45) is -1.92. The summed E-state index contributed by atoms with van der Waals surface area (Å²) in [6.45, 7) is 0.963. The molecule has 0 radical (unpaired) electrons. The van der Waals surface area contributed by atoms with Crippen molar-refractivity contribution in [1.82, 2.24) is 9.80 Å². The standard InChI is InChI=1S/C11H17F3N2O2/c12-11(13,14)8-18-7-10(17)16-5-3-15(4-6-16)9-1-2-9/h9H,1-8H2. The van der Waals surface area contributed by atoms with Crippen LogP contribution in [0.4, 0.5) is 13.2 Å². The summed E-state index contributed by atoms with van der Waals surface area (Å²) in [5.74, 6) is -0.352. The van der Waals surface area contributed by atoms with Crippen LogP contribution in [0, 0.1) is 0 Å². The van der Waals surface area contributed by atoms with Gasteiger partial charge >= 0.3 is 6.18 Å². The fraction of sp³-hybridized carbons (Fsp3) is 0.909. The molecule has 2 aliphatic rings. The van der Waals surface area contributed by atoms with Gasteiger partial charge in [0, 0.05) is 32.2 Å². The van der Waals surface area contributed by atoms with Gasteiger partial charge in [-0.2, -0.15) is 13.2 Å². The van der Waals surface area contributed by atoms with Crippen LogP contribution in [0.5, 0.6) is 0 Å². The number of amides is 1.